The number of anilines is 1. The molecule has 0 aromatic heterocycles. The van der Waals surface area contributed by atoms with Crippen molar-refractivity contribution in [2.24, 2.45) is 0 Å². The number of ether oxygens (including phenoxy) is 3. The van der Waals surface area contributed by atoms with Crippen LogP contribution in [-0.2, 0) is 23.8 Å². The van der Waals surface area contributed by atoms with Crippen LogP contribution in [0, 0.1) is 5.82 Å². The highest BCUT2D eigenvalue weighted by Gasteiger charge is 2.34. The Bertz CT molecular complexity index is 671. The Hall–Kier alpha value is -1.64. The lowest BCUT2D eigenvalue weighted by molar-refractivity contribution is -0.140. The molecule has 0 aliphatic carbocycles. The van der Waals surface area contributed by atoms with Crippen LogP contribution in [0.15, 0.2) is 27.9 Å². The van der Waals surface area contributed by atoms with Crippen molar-refractivity contribution in [2.75, 3.05) is 32.5 Å². The molecule has 0 bridgehead atoms. The Morgan fingerprint density at radius 2 is 1.96 bits per heavy atom. The average Bonchev–Trinajstić information content (AvgIpc) is 2.52. The van der Waals surface area contributed by atoms with E-state index >= 15 is 0 Å². The number of hydrogen-bond donors (Lipinski definition) is 0. The van der Waals surface area contributed by atoms with Gasteiger partial charge in [0.1, 0.15) is 18.2 Å². The van der Waals surface area contributed by atoms with Gasteiger partial charge in [-0.1, -0.05) is 11.6 Å². The predicted molar refractivity (Wildman–Crippen MR) is 83.5 cm³/mol. The summed E-state index contributed by atoms with van der Waals surface area (Å²) in [6, 6.07) is 2.55. The minimum Gasteiger partial charge on any atom is -0.466 e. The van der Waals surface area contributed by atoms with Crippen molar-refractivity contribution in [1.82, 2.24) is 0 Å². The largest absolute Gasteiger partial charge is 0.466 e. The number of carbonyl (C=O) groups excluding carboxylic acids is 2. The van der Waals surface area contributed by atoms with Gasteiger partial charge < -0.3 is 19.1 Å². The first-order valence-electron chi connectivity index (χ1n) is 6.30. The summed E-state index contributed by atoms with van der Waals surface area (Å²) < 4.78 is 29.3. The van der Waals surface area contributed by atoms with E-state index in [9.17, 15) is 14.0 Å². The van der Waals surface area contributed by atoms with E-state index in [1.807, 2.05) is 0 Å². The summed E-state index contributed by atoms with van der Waals surface area (Å²) in [5, 5.41) is 0.174. The van der Waals surface area contributed by atoms with Gasteiger partial charge in [0, 0.05) is 9.50 Å². The molecular formula is C14H12BrClFNO5. The molecule has 0 saturated carbocycles. The van der Waals surface area contributed by atoms with Gasteiger partial charge in [0.15, 0.2) is 0 Å². The molecule has 1 aromatic carbocycles. The average molecular weight is 409 g/mol. The van der Waals surface area contributed by atoms with E-state index in [4.69, 9.17) is 21.1 Å². The second-order valence-corrected chi connectivity index (χ2v) is 5.72. The second-order valence-electron chi connectivity index (χ2n) is 4.43. The maximum atomic E-state index is 14.3. The van der Waals surface area contributed by atoms with E-state index in [2.05, 4.69) is 20.7 Å². The Labute approximate surface area is 144 Å². The van der Waals surface area contributed by atoms with Crippen LogP contribution >= 0.6 is 27.5 Å². The zero-order chi connectivity index (χ0) is 17.1. The van der Waals surface area contributed by atoms with Gasteiger partial charge in [0.25, 0.3) is 0 Å². The molecule has 0 fully saturated rings. The van der Waals surface area contributed by atoms with Gasteiger partial charge in [0.05, 0.1) is 32.1 Å². The van der Waals surface area contributed by atoms with Crippen LogP contribution in [0.2, 0.25) is 5.02 Å². The maximum absolute atomic E-state index is 14.3. The molecule has 0 saturated heterocycles. The molecule has 1 heterocycles. The maximum Gasteiger partial charge on any atom is 0.355 e. The number of rotatable bonds is 3. The number of methoxy groups -OCH3 is 2. The van der Waals surface area contributed by atoms with Gasteiger partial charge >= 0.3 is 11.9 Å². The standard InChI is InChI=1S/C14H12BrClFNO5/c1-21-13(19)8-5-23-6-18(11(8)14(20)22-2)12-9(15)3-7(16)4-10(12)17/h3-4H,5-6H2,1-2H3. The molecule has 124 valence electrons. The molecular weight excluding hydrogens is 397 g/mol. The van der Waals surface area contributed by atoms with Gasteiger partial charge in [-0.2, -0.15) is 0 Å². The van der Waals surface area contributed by atoms with Crippen LogP contribution in [0.5, 0.6) is 0 Å². The third-order valence-electron chi connectivity index (χ3n) is 3.08. The van der Waals surface area contributed by atoms with Gasteiger partial charge in [-0.05, 0) is 28.1 Å². The quantitative estimate of drug-likeness (QED) is 0.717. The molecule has 6 nitrogen and oxygen atoms in total. The number of benzene rings is 1. The SMILES string of the molecule is COC(=O)C1=C(C(=O)OC)N(c2c(F)cc(Cl)cc2Br)COC1. The summed E-state index contributed by atoms with van der Waals surface area (Å²) in [4.78, 5) is 25.2. The van der Waals surface area contributed by atoms with Crippen LogP contribution in [0.1, 0.15) is 0 Å². The van der Waals surface area contributed by atoms with Crippen LogP contribution < -0.4 is 4.90 Å². The summed E-state index contributed by atoms with van der Waals surface area (Å²) in [6.07, 6.45) is 0. The topological polar surface area (TPSA) is 65.1 Å². The zero-order valence-electron chi connectivity index (χ0n) is 12.2. The van der Waals surface area contributed by atoms with Gasteiger partial charge in [-0.15, -0.1) is 0 Å². The van der Waals surface area contributed by atoms with Crippen molar-refractivity contribution < 1.29 is 28.2 Å². The van der Waals surface area contributed by atoms with Gasteiger partial charge in [0.2, 0.25) is 0 Å². The lowest BCUT2D eigenvalue weighted by Gasteiger charge is -2.32. The first-order chi connectivity index (χ1) is 10.9. The van der Waals surface area contributed by atoms with E-state index < -0.39 is 17.8 Å². The van der Waals surface area contributed by atoms with Gasteiger partial charge in [-0.3, -0.25) is 0 Å². The third-order valence-corrected chi connectivity index (χ3v) is 3.91. The van der Waals surface area contributed by atoms with Crippen molar-refractivity contribution in [2.45, 2.75) is 0 Å². The monoisotopic (exact) mass is 407 g/mol. The van der Waals surface area contributed by atoms with Crippen molar-refractivity contribution in [1.29, 1.82) is 0 Å². The molecule has 0 spiro atoms. The lowest BCUT2D eigenvalue weighted by Crippen LogP contribution is -2.39. The van der Waals surface area contributed by atoms with E-state index in [0.717, 1.165) is 13.2 Å². The number of nitrogens with zero attached hydrogens (tertiary/aromatic N) is 1. The van der Waals surface area contributed by atoms with Gasteiger partial charge in [-0.25, -0.2) is 14.0 Å². The Morgan fingerprint density at radius 3 is 2.52 bits per heavy atom. The third kappa shape index (κ3) is 3.49. The van der Waals surface area contributed by atoms with Crippen molar-refractivity contribution >= 4 is 45.2 Å². The molecule has 0 radical (unpaired) electrons. The Morgan fingerprint density at radius 1 is 1.30 bits per heavy atom. The highest BCUT2D eigenvalue weighted by Crippen LogP contribution is 2.36. The molecule has 0 amide bonds. The number of carbonyl (C=O) groups is 2. The predicted octanol–water partition coefficient (Wildman–Crippen LogP) is 2.64. The molecule has 1 aromatic rings. The lowest BCUT2D eigenvalue weighted by atomic mass is 10.1. The van der Waals surface area contributed by atoms with E-state index in [-0.39, 0.29) is 35.3 Å². The van der Waals surface area contributed by atoms with Crippen LogP contribution in [0.25, 0.3) is 0 Å². The van der Waals surface area contributed by atoms with Crippen LogP contribution in [-0.4, -0.2) is 39.5 Å². The minimum atomic E-state index is -0.810. The number of halogens is 3. The second kappa shape index (κ2) is 7.29. The smallest absolute Gasteiger partial charge is 0.355 e. The molecule has 2 rings (SSSR count). The minimum absolute atomic E-state index is 0.00379. The van der Waals surface area contributed by atoms with Crippen molar-refractivity contribution in [3.63, 3.8) is 0 Å². The molecule has 0 unspecified atom stereocenters. The van der Waals surface area contributed by atoms with Crippen LogP contribution in [0.4, 0.5) is 10.1 Å². The normalized spacial score (nSPS) is 14.7. The molecule has 23 heavy (non-hydrogen) atoms. The molecule has 0 atom stereocenters. The molecule has 1 aliphatic heterocycles. The van der Waals surface area contributed by atoms with E-state index in [1.54, 1.807) is 0 Å². The Kier molecular flexibility index (Phi) is 5.61. The highest BCUT2D eigenvalue weighted by molar-refractivity contribution is 9.10. The summed E-state index contributed by atoms with van der Waals surface area (Å²) in [6.45, 7) is -0.303. The first kappa shape index (κ1) is 17.7. The number of hydrogen-bond acceptors (Lipinski definition) is 6. The summed E-state index contributed by atoms with van der Waals surface area (Å²) in [7, 11) is 2.33. The fourth-order valence-corrected chi connectivity index (χ4v) is 3.10. The molecule has 0 N–H and O–H groups in total. The summed E-state index contributed by atoms with van der Waals surface area (Å²) >= 11 is 8.98. The molecule has 1 aliphatic rings. The summed E-state index contributed by atoms with van der Waals surface area (Å²) in [5.74, 6) is -2.27. The first-order valence-corrected chi connectivity index (χ1v) is 7.47. The van der Waals surface area contributed by atoms with E-state index in [0.29, 0.717) is 4.47 Å². The summed E-state index contributed by atoms with van der Waals surface area (Å²) in [5.41, 5.74) is -0.213. The van der Waals surface area contributed by atoms with Crippen molar-refractivity contribution in [3.05, 3.63) is 38.7 Å². The van der Waals surface area contributed by atoms with Crippen molar-refractivity contribution in [3.8, 4) is 0 Å². The van der Waals surface area contributed by atoms with E-state index in [1.165, 1.54) is 18.1 Å². The highest BCUT2D eigenvalue weighted by atomic mass is 79.9. The zero-order valence-corrected chi connectivity index (χ0v) is 14.5. The molecule has 9 heteroatoms. The van der Waals surface area contributed by atoms with Crippen LogP contribution in [0.3, 0.4) is 0 Å². The fourth-order valence-electron chi connectivity index (χ4n) is 2.11. The Balaban J connectivity index is 2.65. The fraction of sp³-hybridized carbons (Fsp3) is 0.286. The number of esters is 2.